The zero-order chi connectivity index (χ0) is 19.9. The highest BCUT2D eigenvalue weighted by Gasteiger charge is 2.56. The molecule has 0 N–H and O–H groups in total. The van der Waals surface area contributed by atoms with Crippen LogP contribution in [0.5, 0.6) is 0 Å². The quantitative estimate of drug-likeness (QED) is 0.407. The predicted octanol–water partition coefficient (Wildman–Crippen LogP) is 5.85. The fourth-order valence-electron chi connectivity index (χ4n) is 4.14. The smallest absolute Gasteiger partial charge is 0.0717 e. The lowest BCUT2D eigenvalue weighted by atomic mass is 10.1. The van der Waals surface area contributed by atoms with E-state index in [2.05, 4.69) is 102 Å². The van der Waals surface area contributed by atoms with E-state index in [4.69, 9.17) is 4.74 Å². The fraction of sp³-hybridized carbons (Fsp3) is 0.259. The predicted molar refractivity (Wildman–Crippen MR) is 119 cm³/mol. The van der Waals surface area contributed by atoms with E-state index in [0.717, 1.165) is 26.1 Å². The number of benzene rings is 3. The van der Waals surface area contributed by atoms with Crippen molar-refractivity contribution in [3.05, 3.63) is 120 Å². The first-order chi connectivity index (χ1) is 14.3. The topological polar surface area (TPSA) is 12.5 Å². The van der Waals surface area contributed by atoms with Crippen LogP contribution in [-0.4, -0.2) is 17.0 Å². The van der Waals surface area contributed by atoms with Gasteiger partial charge in [0.25, 0.3) is 0 Å². The fourth-order valence-corrected chi connectivity index (χ4v) is 4.14. The lowest BCUT2D eigenvalue weighted by Crippen LogP contribution is -2.41. The third-order valence-corrected chi connectivity index (χ3v) is 5.91. The number of hydrogen-bond acceptors (Lipinski definition) is 2. The molecule has 0 saturated heterocycles. The van der Waals surface area contributed by atoms with Crippen molar-refractivity contribution in [1.29, 1.82) is 0 Å². The maximum Gasteiger partial charge on any atom is 0.0717 e. The SMILES string of the molecule is C=C[C@@H]1C[C@@]1(COCc1ccccc1)N(Cc1ccccc1)Cc1ccccc1. The lowest BCUT2D eigenvalue weighted by molar-refractivity contribution is 0.0247. The van der Waals surface area contributed by atoms with Crippen molar-refractivity contribution < 1.29 is 4.74 Å². The standard InChI is InChI=1S/C27H29NO/c1-2-26-18-27(26,22-29-21-25-16-10-5-11-17-25)28(19-23-12-6-3-7-13-23)20-24-14-8-4-9-15-24/h2-17,26H,1,18-22H2/t26-,27+/m1/s1. The van der Waals surface area contributed by atoms with E-state index in [0.29, 0.717) is 12.5 Å². The van der Waals surface area contributed by atoms with Crippen molar-refractivity contribution in [3.8, 4) is 0 Å². The Balaban J connectivity index is 1.52. The van der Waals surface area contributed by atoms with Crippen LogP contribution in [0.25, 0.3) is 0 Å². The molecule has 1 aliphatic rings. The third-order valence-electron chi connectivity index (χ3n) is 5.91. The summed E-state index contributed by atoms with van der Waals surface area (Å²) in [5, 5.41) is 0. The van der Waals surface area contributed by atoms with E-state index in [1.807, 2.05) is 6.07 Å². The molecule has 0 aromatic heterocycles. The van der Waals surface area contributed by atoms with Crippen LogP contribution in [0.2, 0.25) is 0 Å². The second-order valence-electron chi connectivity index (χ2n) is 7.96. The molecule has 0 aliphatic heterocycles. The van der Waals surface area contributed by atoms with Gasteiger partial charge < -0.3 is 4.74 Å². The Morgan fingerprint density at radius 3 is 1.72 bits per heavy atom. The highest BCUT2D eigenvalue weighted by Crippen LogP contribution is 2.50. The molecule has 1 saturated carbocycles. The van der Waals surface area contributed by atoms with E-state index in [9.17, 15) is 0 Å². The highest BCUT2D eigenvalue weighted by molar-refractivity contribution is 5.24. The molecule has 0 heterocycles. The molecule has 0 bridgehead atoms. The molecule has 29 heavy (non-hydrogen) atoms. The Hall–Kier alpha value is -2.68. The molecule has 4 rings (SSSR count). The second kappa shape index (κ2) is 9.21. The van der Waals surface area contributed by atoms with Crippen LogP contribution in [0.3, 0.4) is 0 Å². The van der Waals surface area contributed by atoms with Crippen molar-refractivity contribution in [1.82, 2.24) is 4.90 Å². The minimum atomic E-state index is 0.0161. The maximum atomic E-state index is 6.25. The van der Waals surface area contributed by atoms with Crippen LogP contribution in [0.15, 0.2) is 104 Å². The molecule has 148 valence electrons. The summed E-state index contributed by atoms with van der Waals surface area (Å²) in [7, 11) is 0. The van der Waals surface area contributed by atoms with Gasteiger partial charge in [0, 0.05) is 13.1 Å². The summed E-state index contributed by atoms with van der Waals surface area (Å²) in [5.41, 5.74) is 3.90. The molecule has 0 radical (unpaired) electrons. The van der Waals surface area contributed by atoms with Gasteiger partial charge in [0.1, 0.15) is 0 Å². The molecule has 3 aromatic rings. The van der Waals surface area contributed by atoms with Gasteiger partial charge in [-0.25, -0.2) is 0 Å². The maximum absolute atomic E-state index is 6.25. The van der Waals surface area contributed by atoms with Gasteiger partial charge in [0.15, 0.2) is 0 Å². The van der Waals surface area contributed by atoms with Gasteiger partial charge in [-0.15, -0.1) is 6.58 Å². The van der Waals surface area contributed by atoms with Crippen molar-refractivity contribution >= 4 is 0 Å². The van der Waals surface area contributed by atoms with Crippen LogP contribution >= 0.6 is 0 Å². The number of hydrogen-bond donors (Lipinski definition) is 0. The molecular weight excluding hydrogens is 354 g/mol. The van der Waals surface area contributed by atoms with Crippen LogP contribution < -0.4 is 0 Å². The van der Waals surface area contributed by atoms with Crippen LogP contribution in [0.1, 0.15) is 23.1 Å². The van der Waals surface area contributed by atoms with Gasteiger partial charge in [-0.05, 0) is 29.0 Å². The molecule has 1 aliphatic carbocycles. The van der Waals surface area contributed by atoms with E-state index < -0.39 is 0 Å². The molecule has 2 atom stereocenters. The van der Waals surface area contributed by atoms with Crippen molar-refractivity contribution in [2.24, 2.45) is 5.92 Å². The Bertz CT molecular complexity index is 852. The average molecular weight is 384 g/mol. The van der Waals surface area contributed by atoms with E-state index in [-0.39, 0.29) is 5.54 Å². The largest absolute Gasteiger partial charge is 0.375 e. The lowest BCUT2D eigenvalue weighted by Gasteiger charge is -2.33. The summed E-state index contributed by atoms with van der Waals surface area (Å²) in [6.07, 6.45) is 3.21. The monoisotopic (exact) mass is 383 g/mol. The van der Waals surface area contributed by atoms with Crippen molar-refractivity contribution in [3.63, 3.8) is 0 Å². The zero-order valence-corrected chi connectivity index (χ0v) is 16.9. The van der Waals surface area contributed by atoms with Crippen molar-refractivity contribution in [2.45, 2.75) is 31.7 Å². The van der Waals surface area contributed by atoms with Gasteiger partial charge >= 0.3 is 0 Å². The first-order valence-electron chi connectivity index (χ1n) is 10.4. The summed E-state index contributed by atoms with van der Waals surface area (Å²) in [6, 6.07) is 31.9. The summed E-state index contributed by atoms with van der Waals surface area (Å²) >= 11 is 0. The van der Waals surface area contributed by atoms with E-state index in [1.54, 1.807) is 0 Å². The molecule has 1 fully saturated rings. The highest BCUT2D eigenvalue weighted by atomic mass is 16.5. The van der Waals surface area contributed by atoms with E-state index >= 15 is 0 Å². The summed E-state index contributed by atoms with van der Waals surface area (Å²) in [4.78, 5) is 2.59. The molecule has 3 aromatic carbocycles. The Labute approximate surface area is 174 Å². The first kappa shape index (κ1) is 19.6. The third kappa shape index (κ3) is 4.84. The first-order valence-corrected chi connectivity index (χ1v) is 10.4. The number of ether oxygens (including phenoxy) is 1. The zero-order valence-electron chi connectivity index (χ0n) is 16.9. The normalized spacial score (nSPS) is 20.5. The summed E-state index contributed by atoms with van der Waals surface area (Å²) < 4.78 is 6.25. The number of nitrogens with zero attached hydrogens (tertiary/aromatic N) is 1. The van der Waals surface area contributed by atoms with Crippen LogP contribution in [0.4, 0.5) is 0 Å². The summed E-state index contributed by atoms with van der Waals surface area (Å²) in [6.45, 7) is 7.29. The molecule has 0 amide bonds. The van der Waals surface area contributed by atoms with Gasteiger partial charge in [-0.3, -0.25) is 4.90 Å². The van der Waals surface area contributed by atoms with Crippen molar-refractivity contribution in [2.75, 3.05) is 6.61 Å². The second-order valence-corrected chi connectivity index (χ2v) is 7.96. The average Bonchev–Trinajstić information content (AvgIpc) is 3.50. The number of rotatable bonds is 10. The van der Waals surface area contributed by atoms with Crippen LogP contribution in [-0.2, 0) is 24.4 Å². The van der Waals surface area contributed by atoms with Gasteiger partial charge in [0.2, 0.25) is 0 Å². The molecule has 2 nitrogen and oxygen atoms in total. The minimum absolute atomic E-state index is 0.0161. The molecule has 0 unspecified atom stereocenters. The molecule has 0 spiro atoms. The Morgan fingerprint density at radius 2 is 1.28 bits per heavy atom. The molecule has 2 heteroatoms. The van der Waals surface area contributed by atoms with Crippen LogP contribution in [0, 0.1) is 5.92 Å². The molecular formula is C27H29NO. The Morgan fingerprint density at radius 1 is 0.793 bits per heavy atom. The Kier molecular flexibility index (Phi) is 6.24. The van der Waals surface area contributed by atoms with Gasteiger partial charge in [-0.1, -0.05) is 97.1 Å². The van der Waals surface area contributed by atoms with Gasteiger partial charge in [0.05, 0.1) is 18.8 Å². The van der Waals surface area contributed by atoms with E-state index in [1.165, 1.54) is 16.7 Å². The summed E-state index contributed by atoms with van der Waals surface area (Å²) in [5.74, 6) is 0.464. The minimum Gasteiger partial charge on any atom is -0.375 e. The van der Waals surface area contributed by atoms with Gasteiger partial charge in [-0.2, -0.15) is 0 Å².